The molecule has 1 aliphatic heterocycles. The van der Waals surface area contributed by atoms with E-state index in [4.69, 9.17) is 0 Å². The maximum absolute atomic E-state index is 11.9. The van der Waals surface area contributed by atoms with Gasteiger partial charge in [0, 0.05) is 42.8 Å². The highest BCUT2D eigenvalue weighted by Gasteiger charge is 2.27. The van der Waals surface area contributed by atoms with Crippen molar-refractivity contribution in [3.8, 4) is 0 Å². The van der Waals surface area contributed by atoms with E-state index in [1.807, 2.05) is 19.9 Å². The topological polar surface area (TPSA) is 88.9 Å². The van der Waals surface area contributed by atoms with Crippen LogP contribution >= 0.6 is 0 Å². The van der Waals surface area contributed by atoms with E-state index in [-0.39, 0.29) is 10.8 Å². The van der Waals surface area contributed by atoms with E-state index >= 15 is 0 Å². The van der Waals surface area contributed by atoms with Gasteiger partial charge in [-0.3, -0.25) is 0 Å². The summed E-state index contributed by atoms with van der Waals surface area (Å²) in [5.74, 6) is 0.858. The molecule has 0 saturated carbocycles. The molecule has 8 heteroatoms. The molecule has 128 valence electrons. The van der Waals surface area contributed by atoms with Crippen LogP contribution in [0.2, 0.25) is 0 Å². The van der Waals surface area contributed by atoms with Crippen molar-refractivity contribution in [1.29, 1.82) is 0 Å². The number of hydrogen-bond acceptors (Lipinski definition) is 7. The number of piperidine rings is 1. The van der Waals surface area contributed by atoms with Gasteiger partial charge in [0.15, 0.2) is 9.84 Å². The van der Waals surface area contributed by atoms with Gasteiger partial charge >= 0.3 is 0 Å². The largest absolute Gasteiger partial charge is 0.341 e. The molecule has 0 bridgehead atoms. The van der Waals surface area contributed by atoms with Gasteiger partial charge in [-0.2, -0.15) is 0 Å². The zero-order valence-electron chi connectivity index (χ0n) is 14.1. The maximum atomic E-state index is 11.9. The van der Waals surface area contributed by atoms with Gasteiger partial charge in [-0.15, -0.1) is 0 Å². The Morgan fingerprint density at radius 3 is 2.33 bits per heavy atom. The van der Waals surface area contributed by atoms with Gasteiger partial charge in [0.1, 0.15) is 11.2 Å². The van der Waals surface area contributed by atoms with Gasteiger partial charge in [-0.25, -0.2) is 28.4 Å². The van der Waals surface area contributed by atoms with Crippen molar-refractivity contribution < 1.29 is 8.42 Å². The van der Waals surface area contributed by atoms with Crippen molar-refractivity contribution >= 4 is 15.8 Å². The Labute approximate surface area is 142 Å². The molecule has 1 aliphatic rings. The predicted molar refractivity (Wildman–Crippen MR) is 90.8 cm³/mol. The van der Waals surface area contributed by atoms with Crippen LogP contribution in [0.15, 0.2) is 23.5 Å². The first kappa shape index (κ1) is 16.8. The van der Waals surface area contributed by atoms with Crippen molar-refractivity contribution in [3.05, 3.63) is 35.7 Å². The Balaban J connectivity index is 1.79. The predicted octanol–water partition coefficient (Wildman–Crippen LogP) is 1.67. The normalized spacial score (nSPS) is 16.4. The van der Waals surface area contributed by atoms with Crippen molar-refractivity contribution in [2.24, 2.45) is 0 Å². The summed E-state index contributed by atoms with van der Waals surface area (Å²) in [4.78, 5) is 19.5. The summed E-state index contributed by atoms with van der Waals surface area (Å²) < 4.78 is 23.9. The second kappa shape index (κ2) is 6.43. The van der Waals surface area contributed by atoms with Crippen molar-refractivity contribution in [2.75, 3.05) is 24.2 Å². The molecule has 0 spiro atoms. The molecule has 0 unspecified atom stereocenters. The standard InChI is InChI=1S/C16H21N5O2S/c1-11-8-12(2)20-16(19-11)21-6-4-13(5-7-21)15-14(24(3,22)23)9-17-10-18-15/h8-10,13H,4-7H2,1-3H3. The number of hydrogen-bond donors (Lipinski definition) is 0. The van der Waals surface area contributed by atoms with Gasteiger partial charge < -0.3 is 4.90 Å². The van der Waals surface area contributed by atoms with E-state index in [1.54, 1.807) is 0 Å². The smallest absolute Gasteiger partial charge is 0.225 e. The van der Waals surface area contributed by atoms with Crippen LogP contribution in [0.25, 0.3) is 0 Å². The van der Waals surface area contributed by atoms with E-state index in [2.05, 4.69) is 24.8 Å². The second-order valence-corrected chi connectivity index (χ2v) is 8.24. The number of sulfone groups is 1. The quantitative estimate of drug-likeness (QED) is 0.834. The molecule has 2 aromatic heterocycles. The van der Waals surface area contributed by atoms with E-state index < -0.39 is 9.84 Å². The summed E-state index contributed by atoms with van der Waals surface area (Å²) >= 11 is 0. The molecule has 7 nitrogen and oxygen atoms in total. The van der Waals surface area contributed by atoms with Gasteiger partial charge in [0.2, 0.25) is 5.95 Å². The van der Waals surface area contributed by atoms with Crippen molar-refractivity contribution in [3.63, 3.8) is 0 Å². The zero-order chi connectivity index (χ0) is 17.3. The first-order valence-corrected chi connectivity index (χ1v) is 9.81. The zero-order valence-corrected chi connectivity index (χ0v) is 14.9. The molecule has 1 saturated heterocycles. The van der Waals surface area contributed by atoms with Crippen LogP contribution in [0.4, 0.5) is 5.95 Å². The van der Waals surface area contributed by atoms with Gasteiger partial charge in [0.25, 0.3) is 0 Å². The highest BCUT2D eigenvalue weighted by atomic mass is 32.2. The fourth-order valence-corrected chi connectivity index (χ4v) is 3.97. The summed E-state index contributed by atoms with van der Waals surface area (Å²) in [5.41, 5.74) is 2.54. The van der Waals surface area contributed by atoms with E-state index in [1.165, 1.54) is 18.8 Å². The lowest BCUT2D eigenvalue weighted by atomic mass is 9.93. The number of nitrogens with zero attached hydrogens (tertiary/aromatic N) is 5. The van der Waals surface area contributed by atoms with Crippen LogP contribution in [-0.2, 0) is 9.84 Å². The molecular weight excluding hydrogens is 326 g/mol. The summed E-state index contributed by atoms with van der Waals surface area (Å²) in [6.07, 6.45) is 5.65. The Kier molecular flexibility index (Phi) is 4.49. The number of anilines is 1. The SMILES string of the molecule is Cc1cc(C)nc(N2CCC(c3ncncc3S(C)(=O)=O)CC2)n1. The lowest BCUT2D eigenvalue weighted by molar-refractivity contribution is 0.481. The van der Waals surface area contributed by atoms with Crippen molar-refractivity contribution in [1.82, 2.24) is 19.9 Å². The molecule has 0 radical (unpaired) electrons. The monoisotopic (exact) mass is 347 g/mol. The minimum atomic E-state index is -3.32. The number of aryl methyl sites for hydroxylation is 2. The minimum Gasteiger partial charge on any atom is -0.341 e. The molecule has 0 amide bonds. The molecule has 3 heterocycles. The Bertz CT molecular complexity index is 825. The Morgan fingerprint density at radius 2 is 1.75 bits per heavy atom. The average Bonchev–Trinajstić information content (AvgIpc) is 2.53. The molecular formula is C16H21N5O2S. The third kappa shape index (κ3) is 3.53. The third-order valence-corrected chi connectivity index (χ3v) is 5.36. The van der Waals surface area contributed by atoms with Crippen LogP contribution in [0.5, 0.6) is 0 Å². The Hall–Kier alpha value is -2.09. The molecule has 3 rings (SSSR count). The highest BCUT2D eigenvalue weighted by Crippen LogP contribution is 2.31. The lowest BCUT2D eigenvalue weighted by Gasteiger charge is -2.32. The molecule has 0 aromatic carbocycles. The fraction of sp³-hybridized carbons (Fsp3) is 0.500. The molecule has 1 fully saturated rings. The molecule has 2 aromatic rings. The fourth-order valence-electron chi connectivity index (χ4n) is 3.12. The van der Waals surface area contributed by atoms with Crippen LogP contribution in [-0.4, -0.2) is 47.7 Å². The first-order chi connectivity index (χ1) is 11.3. The summed E-state index contributed by atoms with van der Waals surface area (Å²) in [7, 11) is -3.32. The minimum absolute atomic E-state index is 0.111. The average molecular weight is 347 g/mol. The van der Waals surface area contributed by atoms with Gasteiger partial charge in [-0.05, 0) is 32.8 Å². The summed E-state index contributed by atoms with van der Waals surface area (Å²) in [5, 5.41) is 0. The van der Waals surface area contributed by atoms with E-state index in [0.717, 1.165) is 43.3 Å². The molecule has 0 aliphatic carbocycles. The summed E-state index contributed by atoms with van der Waals surface area (Å²) in [6.45, 7) is 5.48. The van der Waals surface area contributed by atoms with Crippen molar-refractivity contribution in [2.45, 2.75) is 37.5 Å². The molecule has 0 N–H and O–H groups in total. The first-order valence-electron chi connectivity index (χ1n) is 7.92. The van der Waals surface area contributed by atoms with Crippen LogP contribution in [0.3, 0.4) is 0 Å². The second-order valence-electron chi connectivity index (χ2n) is 6.26. The van der Waals surface area contributed by atoms with Gasteiger partial charge in [-0.1, -0.05) is 0 Å². The van der Waals surface area contributed by atoms with Crippen LogP contribution in [0.1, 0.15) is 35.8 Å². The number of rotatable bonds is 3. The maximum Gasteiger partial charge on any atom is 0.225 e. The van der Waals surface area contributed by atoms with Gasteiger partial charge in [0.05, 0.1) is 5.69 Å². The highest BCUT2D eigenvalue weighted by molar-refractivity contribution is 7.90. The van der Waals surface area contributed by atoms with E-state index in [9.17, 15) is 8.42 Å². The third-order valence-electron chi connectivity index (χ3n) is 4.24. The number of aromatic nitrogens is 4. The summed E-state index contributed by atoms with van der Waals surface area (Å²) in [6, 6.07) is 1.95. The Morgan fingerprint density at radius 1 is 1.12 bits per heavy atom. The van der Waals surface area contributed by atoms with Crippen LogP contribution < -0.4 is 4.90 Å². The molecule has 0 atom stereocenters. The molecule has 24 heavy (non-hydrogen) atoms. The lowest BCUT2D eigenvalue weighted by Crippen LogP contribution is -2.35. The van der Waals surface area contributed by atoms with Crippen LogP contribution in [0, 0.1) is 13.8 Å². The van der Waals surface area contributed by atoms with E-state index in [0.29, 0.717) is 5.69 Å².